The molecule has 1 aromatic heterocycles. The van der Waals surface area contributed by atoms with E-state index in [9.17, 15) is 9.90 Å². The van der Waals surface area contributed by atoms with Crippen molar-refractivity contribution < 1.29 is 19.4 Å². The quantitative estimate of drug-likeness (QED) is 0.505. The first-order chi connectivity index (χ1) is 16.2. The summed E-state index contributed by atoms with van der Waals surface area (Å²) in [4.78, 5) is 11.7. The van der Waals surface area contributed by atoms with E-state index in [0.717, 1.165) is 42.1 Å². The van der Waals surface area contributed by atoms with Gasteiger partial charge in [0.15, 0.2) is 0 Å². The maximum Gasteiger partial charge on any atom is 0.335 e. The summed E-state index contributed by atoms with van der Waals surface area (Å²) >= 11 is 0. The Bertz CT molecular complexity index is 1210. The van der Waals surface area contributed by atoms with Crippen molar-refractivity contribution in [3.63, 3.8) is 0 Å². The average Bonchev–Trinajstić information content (AvgIpc) is 3.41. The fourth-order valence-corrected chi connectivity index (χ4v) is 5.90. The van der Waals surface area contributed by atoms with Gasteiger partial charge in [0, 0.05) is 29.1 Å². The number of fused-ring (bicyclic) bond motifs is 5. The summed E-state index contributed by atoms with van der Waals surface area (Å²) in [6, 6.07) is 11.8. The molecule has 1 aliphatic carbocycles. The number of nitrogens with one attached hydrogen (secondary N) is 1. The van der Waals surface area contributed by atoms with Crippen molar-refractivity contribution in [1.29, 1.82) is 0 Å². The lowest BCUT2D eigenvalue weighted by atomic mass is 9.81. The molecule has 0 bridgehead atoms. The smallest absolute Gasteiger partial charge is 0.335 e. The molecule has 3 aliphatic rings. The van der Waals surface area contributed by atoms with Crippen LogP contribution in [0.5, 0.6) is 11.5 Å². The molecule has 6 rings (SSSR count). The SMILES string of the molecule is Cl.O=C(O)c1ccc2c(C3CCCCC3)c3n(c2c1)CCOc1cc(O[C@H]2CCNC2)ccc1-3. The molecule has 0 radical (unpaired) electrons. The lowest BCUT2D eigenvalue weighted by Crippen LogP contribution is -2.19. The van der Waals surface area contributed by atoms with Crippen LogP contribution >= 0.6 is 12.4 Å². The molecule has 2 aliphatic heterocycles. The van der Waals surface area contributed by atoms with Crippen LogP contribution in [0, 0.1) is 0 Å². The van der Waals surface area contributed by atoms with E-state index < -0.39 is 5.97 Å². The van der Waals surface area contributed by atoms with Crippen molar-refractivity contribution >= 4 is 29.3 Å². The van der Waals surface area contributed by atoms with Crippen LogP contribution in [0.25, 0.3) is 22.2 Å². The molecule has 0 unspecified atom stereocenters. The number of nitrogens with zero attached hydrogens (tertiary/aromatic N) is 1. The van der Waals surface area contributed by atoms with Gasteiger partial charge >= 0.3 is 5.97 Å². The lowest BCUT2D eigenvalue weighted by Gasteiger charge is -2.23. The molecule has 3 aromatic rings. The second-order valence-corrected chi connectivity index (χ2v) is 9.53. The number of carboxylic acid groups (broad SMARTS) is 1. The third-order valence-electron chi connectivity index (χ3n) is 7.46. The van der Waals surface area contributed by atoms with E-state index in [4.69, 9.17) is 9.47 Å². The van der Waals surface area contributed by atoms with E-state index in [1.807, 2.05) is 18.2 Å². The van der Waals surface area contributed by atoms with Gasteiger partial charge in [-0.1, -0.05) is 25.3 Å². The number of carbonyl (C=O) groups is 1. The fourth-order valence-electron chi connectivity index (χ4n) is 5.90. The van der Waals surface area contributed by atoms with Crippen LogP contribution < -0.4 is 14.8 Å². The number of hydrogen-bond donors (Lipinski definition) is 2. The van der Waals surface area contributed by atoms with Crippen LogP contribution in [-0.4, -0.2) is 41.4 Å². The zero-order valence-electron chi connectivity index (χ0n) is 19.2. The Morgan fingerprint density at radius 2 is 1.94 bits per heavy atom. The molecule has 1 saturated heterocycles. The second kappa shape index (κ2) is 9.51. The zero-order valence-corrected chi connectivity index (χ0v) is 20.0. The minimum absolute atomic E-state index is 0. The Balaban J connectivity index is 0.00000241. The maximum absolute atomic E-state index is 11.7. The third kappa shape index (κ3) is 4.03. The lowest BCUT2D eigenvalue weighted by molar-refractivity contribution is 0.0697. The molecule has 2 N–H and O–H groups in total. The highest BCUT2D eigenvalue weighted by Gasteiger charge is 2.30. The number of aromatic nitrogens is 1. The van der Waals surface area contributed by atoms with Crippen molar-refractivity contribution in [3.8, 4) is 22.8 Å². The highest BCUT2D eigenvalue weighted by molar-refractivity contribution is 5.98. The number of carboxylic acids is 1. The van der Waals surface area contributed by atoms with Crippen LogP contribution in [0.15, 0.2) is 36.4 Å². The van der Waals surface area contributed by atoms with E-state index in [1.54, 1.807) is 6.07 Å². The molecular weight excluding hydrogens is 452 g/mol. The molecule has 6 nitrogen and oxygen atoms in total. The Labute approximate surface area is 205 Å². The number of benzene rings is 2. The first-order valence-corrected chi connectivity index (χ1v) is 12.2. The summed E-state index contributed by atoms with van der Waals surface area (Å²) < 4.78 is 14.7. The molecule has 1 saturated carbocycles. The molecule has 3 heterocycles. The Hall–Kier alpha value is -2.70. The summed E-state index contributed by atoms with van der Waals surface area (Å²) in [7, 11) is 0. The molecular formula is C27H31ClN2O4. The molecule has 2 fully saturated rings. The first kappa shape index (κ1) is 23.1. The molecule has 34 heavy (non-hydrogen) atoms. The van der Waals surface area contributed by atoms with Crippen molar-refractivity contribution in [1.82, 2.24) is 9.88 Å². The van der Waals surface area contributed by atoms with Crippen LogP contribution in [0.1, 0.15) is 60.4 Å². The van der Waals surface area contributed by atoms with E-state index in [-0.39, 0.29) is 18.5 Å². The van der Waals surface area contributed by atoms with Crippen LogP contribution in [0.4, 0.5) is 0 Å². The molecule has 180 valence electrons. The van der Waals surface area contributed by atoms with Gasteiger partial charge in [-0.05, 0) is 61.6 Å². The van der Waals surface area contributed by atoms with Gasteiger partial charge in [-0.3, -0.25) is 0 Å². The second-order valence-electron chi connectivity index (χ2n) is 9.53. The number of ether oxygens (including phenoxy) is 2. The Kier molecular flexibility index (Phi) is 6.45. The van der Waals surface area contributed by atoms with Crippen LogP contribution in [0.2, 0.25) is 0 Å². The minimum Gasteiger partial charge on any atom is -0.491 e. The van der Waals surface area contributed by atoms with Gasteiger partial charge in [0.1, 0.15) is 24.2 Å². The van der Waals surface area contributed by atoms with E-state index in [2.05, 4.69) is 22.0 Å². The third-order valence-corrected chi connectivity index (χ3v) is 7.46. The largest absolute Gasteiger partial charge is 0.491 e. The van der Waals surface area contributed by atoms with Crippen molar-refractivity contribution in [3.05, 3.63) is 47.5 Å². The van der Waals surface area contributed by atoms with Gasteiger partial charge in [-0.15, -0.1) is 12.4 Å². The maximum atomic E-state index is 11.7. The highest BCUT2D eigenvalue weighted by atomic mass is 35.5. The molecule has 0 amide bonds. The van der Waals surface area contributed by atoms with Crippen molar-refractivity contribution in [2.45, 2.75) is 57.1 Å². The molecule has 1 atom stereocenters. The van der Waals surface area contributed by atoms with Crippen molar-refractivity contribution in [2.24, 2.45) is 0 Å². The number of aromatic carboxylic acids is 1. The van der Waals surface area contributed by atoms with Crippen LogP contribution in [0.3, 0.4) is 0 Å². The van der Waals surface area contributed by atoms with Gasteiger partial charge in [0.25, 0.3) is 0 Å². The summed E-state index contributed by atoms with van der Waals surface area (Å²) in [6.45, 7) is 3.11. The predicted octanol–water partition coefficient (Wildman–Crippen LogP) is 5.61. The predicted molar refractivity (Wildman–Crippen MR) is 135 cm³/mol. The summed E-state index contributed by atoms with van der Waals surface area (Å²) in [6.07, 6.45) is 7.36. The average molecular weight is 483 g/mol. The minimum atomic E-state index is -0.889. The Morgan fingerprint density at radius 1 is 1.09 bits per heavy atom. The normalized spacial score (nSPS) is 20.1. The number of rotatable bonds is 4. The van der Waals surface area contributed by atoms with Crippen molar-refractivity contribution in [2.75, 3.05) is 19.7 Å². The zero-order chi connectivity index (χ0) is 22.4. The van der Waals surface area contributed by atoms with Gasteiger partial charge in [-0.25, -0.2) is 4.79 Å². The molecule has 0 spiro atoms. The van der Waals surface area contributed by atoms with E-state index in [0.29, 0.717) is 24.6 Å². The summed E-state index contributed by atoms with van der Waals surface area (Å²) in [5.41, 5.74) is 4.97. The van der Waals surface area contributed by atoms with E-state index in [1.165, 1.54) is 48.7 Å². The molecule has 7 heteroatoms. The first-order valence-electron chi connectivity index (χ1n) is 12.2. The van der Waals surface area contributed by atoms with Gasteiger partial charge in [-0.2, -0.15) is 0 Å². The molecule has 2 aromatic carbocycles. The monoisotopic (exact) mass is 482 g/mol. The summed E-state index contributed by atoms with van der Waals surface area (Å²) in [5.74, 6) is 1.30. The van der Waals surface area contributed by atoms with Gasteiger partial charge in [0.05, 0.1) is 17.8 Å². The summed E-state index contributed by atoms with van der Waals surface area (Å²) in [5, 5.41) is 14.1. The standard InChI is InChI=1S/C27H30N2O4.ClH/c30-27(31)18-6-8-21-23(14-18)29-12-13-32-24-15-19(33-20-10-11-28-16-20)7-9-22(24)26(29)25(21)17-4-2-1-3-5-17;/h6-9,14-15,17,20,28H,1-5,10-13,16H2,(H,30,31);1H/t20-;/m0./s1. The topological polar surface area (TPSA) is 72.7 Å². The number of halogens is 1. The highest BCUT2D eigenvalue weighted by Crippen LogP contribution is 2.47. The number of hydrogen-bond acceptors (Lipinski definition) is 4. The van der Waals surface area contributed by atoms with E-state index >= 15 is 0 Å². The fraction of sp³-hybridized carbons (Fsp3) is 0.444. The van der Waals surface area contributed by atoms with Gasteiger partial charge < -0.3 is 24.5 Å². The van der Waals surface area contributed by atoms with Crippen LogP contribution in [-0.2, 0) is 6.54 Å². The van der Waals surface area contributed by atoms with Gasteiger partial charge in [0.2, 0.25) is 0 Å². The Morgan fingerprint density at radius 3 is 2.71 bits per heavy atom.